The van der Waals surface area contributed by atoms with Gasteiger partial charge in [-0.1, -0.05) is 45.8 Å². The van der Waals surface area contributed by atoms with E-state index in [-0.39, 0.29) is 12.4 Å². The summed E-state index contributed by atoms with van der Waals surface area (Å²) >= 11 is 10.2. The fourth-order valence-corrected chi connectivity index (χ4v) is 4.11. The summed E-state index contributed by atoms with van der Waals surface area (Å²) in [6, 6.07) is 11.2. The van der Waals surface area contributed by atoms with Crippen LogP contribution in [0, 0.1) is 6.92 Å². The molecule has 0 aliphatic carbocycles. The van der Waals surface area contributed by atoms with E-state index in [1.165, 1.54) is 0 Å². The minimum atomic E-state index is -0.0493. The Labute approximate surface area is 142 Å². The lowest BCUT2D eigenvalue weighted by Crippen LogP contribution is -2.12. The zero-order chi connectivity index (χ0) is 14.7. The van der Waals surface area contributed by atoms with Crippen molar-refractivity contribution in [1.82, 2.24) is 0 Å². The van der Waals surface area contributed by atoms with Crippen molar-refractivity contribution >= 4 is 53.6 Å². The van der Waals surface area contributed by atoms with E-state index in [0.717, 1.165) is 19.0 Å². The van der Waals surface area contributed by atoms with Gasteiger partial charge in [0.05, 0.1) is 8.95 Å². The van der Waals surface area contributed by atoms with Gasteiger partial charge in [-0.05, 0) is 50.9 Å². The number of halogens is 3. The highest BCUT2D eigenvalue weighted by atomic mass is 79.9. The van der Waals surface area contributed by atoms with Crippen molar-refractivity contribution in [2.45, 2.75) is 6.92 Å². The van der Waals surface area contributed by atoms with Gasteiger partial charge < -0.3 is 4.74 Å². The molecule has 0 saturated heterocycles. The molecule has 5 heteroatoms. The van der Waals surface area contributed by atoms with Gasteiger partial charge in [0.25, 0.3) is 0 Å². The second kappa shape index (κ2) is 6.87. The topological polar surface area (TPSA) is 26.3 Å². The van der Waals surface area contributed by atoms with Crippen LogP contribution < -0.4 is 4.74 Å². The van der Waals surface area contributed by atoms with Crippen molar-refractivity contribution in [2.24, 2.45) is 0 Å². The van der Waals surface area contributed by atoms with E-state index in [1.54, 1.807) is 0 Å². The van der Waals surface area contributed by atoms with Gasteiger partial charge in [-0.25, -0.2) is 0 Å². The van der Waals surface area contributed by atoms with Crippen molar-refractivity contribution < 1.29 is 9.53 Å². The number of aryl methyl sites for hydroxylation is 1. The Morgan fingerprint density at radius 2 is 1.60 bits per heavy atom. The number of ketones is 1. The Balaban J connectivity index is 2.09. The van der Waals surface area contributed by atoms with Gasteiger partial charge in [0.15, 0.2) is 12.4 Å². The highest BCUT2D eigenvalue weighted by molar-refractivity contribution is 9.11. The summed E-state index contributed by atoms with van der Waals surface area (Å²) in [5.41, 5.74) is 1.78. The molecule has 104 valence electrons. The fourth-order valence-electron chi connectivity index (χ4n) is 1.63. The molecule has 2 aromatic carbocycles. The SMILES string of the molecule is Cc1ccc(C(=O)COc2c(Br)cc(Br)cc2Br)cc1. The highest BCUT2D eigenvalue weighted by Gasteiger charge is 2.11. The fraction of sp³-hybridized carbons (Fsp3) is 0.133. The standard InChI is InChI=1S/C15H11Br3O2/c1-9-2-4-10(5-3-9)14(19)8-20-15-12(17)6-11(16)7-13(15)18/h2-7H,8H2,1H3. The predicted octanol–water partition coefficient (Wildman–Crippen LogP) is 5.54. The van der Waals surface area contributed by atoms with Crippen LogP contribution in [0.15, 0.2) is 49.8 Å². The number of carbonyl (C=O) groups excluding carboxylic acids is 1. The number of carbonyl (C=O) groups is 1. The minimum Gasteiger partial charge on any atom is -0.483 e. The monoisotopic (exact) mass is 460 g/mol. The lowest BCUT2D eigenvalue weighted by Gasteiger charge is -2.10. The Morgan fingerprint density at radius 3 is 2.15 bits per heavy atom. The van der Waals surface area contributed by atoms with Crippen LogP contribution in [0.1, 0.15) is 15.9 Å². The van der Waals surface area contributed by atoms with Gasteiger partial charge in [-0.15, -0.1) is 0 Å². The zero-order valence-electron chi connectivity index (χ0n) is 10.6. The Bertz CT molecular complexity index is 613. The van der Waals surface area contributed by atoms with E-state index in [9.17, 15) is 4.79 Å². The van der Waals surface area contributed by atoms with Crippen LogP contribution in [0.3, 0.4) is 0 Å². The Hall–Kier alpha value is -0.650. The van der Waals surface area contributed by atoms with Gasteiger partial charge in [0.2, 0.25) is 0 Å². The van der Waals surface area contributed by atoms with Crippen molar-refractivity contribution in [3.8, 4) is 5.75 Å². The molecule has 2 rings (SSSR count). The lowest BCUT2D eigenvalue weighted by molar-refractivity contribution is 0.0920. The summed E-state index contributed by atoms with van der Waals surface area (Å²) in [6.45, 7) is 1.99. The molecule has 0 aromatic heterocycles. The second-order valence-electron chi connectivity index (χ2n) is 4.28. The number of hydrogen-bond donors (Lipinski definition) is 0. The van der Waals surface area contributed by atoms with Crippen LogP contribution in [0.25, 0.3) is 0 Å². The molecule has 0 aliphatic heterocycles. The molecule has 0 amide bonds. The Morgan fingerprint density at radius 1 is 1.05 bits per heavy atom. The van der Waals surface area contributed by atoms with Crippen LogP contribution in [0.4, 0.5) is 0 Å². The molecule has 0 atom stereocenters. The summed E-state index contributed by atoms with van der Waals surface area (Å²) in [5.74, 6) is 0.570. The predicted molar refractivity (Wildman–Crippen MR) is 90.5 cm³/mol. The first kappa shape index (κ1) is 15.7. The molecule has 0 radical (unpaired) electrons. The lowest BCUT2D eigenvalue weighted by atomic mass is 10.1. The normalized spacial score (nSPS) is 10.4. The molecule has 0 aliphatic rings. The van der Waals surface area contributed by atoms with E-state index in [1.807, 2.05) is 43.3 Å². The molecule has 0 N–H and O–H groups in total. The van der Waals surface area contributed by atoms with E-state index < -0.39 is 0 Å². The summed E-state index contributed by atoms with van der Waals surface area (Å²) in [5, 5.41) is 0. The largest absolute Gasteiger partial charge is 0.483 e. The van der Waals surface area contributed by atoms with E-state index in [0.29, 0.717) is 11.3 Å². The second-order valence-corrected chi connectivity index (χ2v) is 6.90. The minimum absolute atomic E-state index is 0.00188. The van der Waals surface area contributed by atoms with Crippen LogP contribution in [0.2, 0.25) is 0 Å². The quantitative estimate of drug-likeness (QED) is 0.557. The molecule has 2 aromatic rings. The van der Waals surface area contributed by atoms with Gasteiger partial charge in [-0.2, -0.15) is 0 Å². The third kappa shape index (κ3) is 3.93. The first-order chi connectivity index (χ1) is 9.47. The van der Waals surface area contributed by atoms with Crippen LogP contribution in [-0.4, -0.2) is 12.4 Å². The average molecular weight is 463 g/mol. The molecule has 0 heterocycles. The van der Waals surface area contributed by atoms with Crippen molar-refractivity contribution in [1.29, 1.82) is 0 Å². The molecule has 0 fully saturated rings. The smallest absolute Gasteiger partial charge is 0.200 e. The van der Waals surface area contributed by atoms with Crippen LogP contribution in [-0.2, 0) is 0 Å². The first-order valence-corrected chi connectivity index (χ1v) is 8.22. The molecule has 0 spiro atoms. The summed E-state index contributed by atoms with van der Waals surface area (Å²) in [4.78, 5) is 12.1. The number of ether oxygens (including phenoxy) is 1. The van der Waals surface area contributed by atoms with E-state index in [4.69, 9.17) is 4.74 Å². The molecular weight excluding hydrogens is 452 g/mol. The Kier molecular flexibility index (Phi) is 5.41. The molecular formula is C15H11Br3O2. The summed E-state index contributed by atoms with van der Waals surface area (Å²) < 4.78 is 8.10. The van der Waals surface area contributed by atoms with Crippen molar-refractivity contribution in [2.75, 3.05) is 6.61 Å². The highest BCUT2D eigenvalue weighted by Crippen LogP contribution is 2.36. The van der Waals surface area contributed by atoms with Gasteiger partial charge in [0.1, 0.15) is 5.75 Å². The first-order valence-electron chi connectivity index (χ1n) is 5.84. The number of hydrogen-bond acceptors (Lipinski definition) is 2. The molecule has 0 saturated carbocycles. The van der Waals surface area contributed by atoms with E-state index >= 15 is 0 Å². The maximum atomic E-state index is 12.1. The van der Waals surface area contributed by atoms with Crippen LogP contribution in [0.5, 0.6) is 5.75 Å². The summed E-state index contributed by atoms with van der Waals surface area (Å²) in [6.07, 6.45) is 0. The molecule has 0 bridgehead atoms. The van der Waals surface area contributed by atoms with Gasteiger partial charge in [-0.3, -0.25) is 4.79 Å². The average Bonchev–Trinajstić information content (AvgIpc) is 2.38. The third-order valence-corrected chi connectivity index (χ3v) is 4.32. The molecule has 0 unspecified atom stereocenters. The zero-order valence-corrected chi connectivity index (χ0v) is 15.4. The summed E-state index contributed by atoms with van der Waals surface area (Å²) in [7, 11) is 0. The number of Topliss-reactive ketones (excluding diaryl/α,β-unsaturated/α-hetero) is 1. The molecule has 20 heavy (non-hydrogen) atoms. The van der Waals surface area contributed by atoms with Crippen molar-refractivity contribution in [3.63, 3.8) is 0 Å². The molecule has 2 nitrogen and oxygen atoms in total. The van der Waals surface area contributed by atoms with Crippen molar-refractivity contribution in [3.05, 3.63) is 60.9 Å². The van der Waals surface area contributed by atoms with Gasteiger partial charge >= 0.3 is 0 Å². The number of rotatable bonds is 4. The third-order valence-electron chi connectivity index (χ3n) is 2.68. The van der Waals surface area contributed by atoms with Gasteiger partial charge in [0, 0.05) is 10.0 Å². The van der Waals surface area contributed by atoms with Crippen LogP contribution >= 0.6 is 47.8 Å². The maximum Gasteiger partial charge on any atom is 0.200 e. The maximum absolute atomic E-state index is 12.1. The van der Waals surface area contributed by atoms with E-state index in [2.05, 4.69) is 47.8 Å². The number of benzene rings is 2.